The van der Waals surface area contributed by atoms with E-state index in [1.54, 1.807) is 6.07 Å². The molecule has 0 saturated carbocycles. The Kier molecular flexibility index (Phi) is 3.35. The summed E-state index contributed by atoms with van der Waals surface area (Å²) in [6, 6.07) is 13.5. The monoisotopic (exact) mass is 300 g/mol. The highest BCUT2D eigenvalue weighted by Crippen LogP contribution is 2.31. The predicted octanol–water partition coefficient (Wildman–Crippen LogP) is 3.95. The van der Waals surface area contributed by atoms with Gasteiger partial charge in [0.05, 0.1) is 16.0 Å². The third-order valence-corrected chi connectivity index (χ3v) is 3.56. The van der Waals surface area contributed by atoms with Crippen LogP contribution in [0.1, 0.15) is 12.7 Å². The number of benzene rings is 2. The number of nitro benzene ring substituents is 1. The average Bonchev–Trinajstić information content (AvgIpc) is 2.84. The smallest absolute Gasteiger partial charge is 0.290 e. The maximum atomic E-state index is 11.0. The molecular weight excluding hydrogens is 290 g/mol. The first kappa shape index (κ1) is 13.6. The number of imidazole rings is 1. The zero-order valence-corrected chi connectivity index (χ0v) is 12.0. The topological polar surface area (TPSA) is 61.0 Å². The Balaban J connectivity index is 2.34. The van der Waals surface area contributed by atoms with Crippen molar-refractivity contribution in [3.63, 3.8) is 0 Å². The van der Waals surface area contributed by atoms with Gasteiger partial charge in [-0.3, -0.25) is 14.7 Å². The summed E-state index contributed by atoms with van der Waals surface area (Å²) in [5.74, 6) is 0.821. The maximum absolute atomic E-state index is 11.0. The van der Waals surface area contributed by atoms with E-state index in [1.807, 2.05) is 35.8 Å². The minimum absolute atomic E-state index is 0.108. The van der Waals surface area contributed by atoms with Gasteiger partial charge in [0.15, 0.2) is 0 Å². The Labute approximate surface area is 125 Å². The van der Waals surface area contributed by atoms with Gasteiger partial charge >= 0.3 is 0 Å². The Morgan fingerprint density at radius 2 is 2.29 bits per heavy atom. The highest BCUT2D eigenvalue weighted by molar-refractivity contribution is 6.33. The predicted molar refractivity (Wildman–Crippen MR) is 80.9 cm³/mol. The van der Waals surface area contributed by atoms with Crippen molar-refractivity contribution >= 4 is 28.3 Å². The van der Waals surface area contributed by atoms with Gasteiger partial charge in [-0.1, -0.05) is 30.7 Å². The molecule has 0 spiro atoms. The molecule has 3 aromatic rings. The van der Waals surface area contributed by atoms with Crippen molar-refractivity contribution in [1.82, 2.24) is 9.55 Å². The number of aryl methyl sites for hydroxylation is 1. The van der Waals surface area contributed by atoms with Crippen LogP contribution in [0.4, 0.5) is 5.69 Å². The van der Waals surface area contributed by atoms with Crippen LogP contribution in [0.2, 0.25) is 5.02 Å². The van der Waals surface area contributed by atoms with Crippen LogP contribution in [0, 0.1) is 16.2 Å². The van der Waals surface area contributed by atoms with Crippen LogP contribution < -0.4 is 0 Å². The van der Waals surface area contributed by atoms with Gasteiger partial charge < -0.3 is 0 Å². The SMILES string of the molecule is CCc1nc2cc([N+](=O)[O-])c(Cl)cc2n1-c1c[c]ccc1. The summed E-state index contributed by atoms with van der Waals surface area (Å²) in [6.45, 7) is 1.99. The Morgan fingerprint density at radius 1 is 1.48 bits per heavy atom. The molecule has 0 fully saturated rings. The molecule has 1 aromatic heterocycles. The molecule has 0 saturated heterocycles. The summed E-state index contributed by atoms with van der Waals surface area (Å²) >= 11 is 6.02. The number of hydrogen-bond donors (Lipinski definition) is 0. The Bertz CT molecular complexity index is 828. The zero-order valence-electron chi connectivity index (χ0n) is 11.2. The van der Waals surface area contributed by atoms with Crippen molar-refractivity contribution in [3.8, 4) is 5.69 Å². The third kappa shape index (κ3) is 2.25. The quantitative estimate of drug-likeness (QED) is 0.543. The Hall–Kier alpha value is -2.40. The highest BCUT2D eigenvalue weighted by atomic mass is 35.5. The maximum Gasteiger partial charge on any atom is 0.290 e. The lowest BCUT2D eigenvalue weighted by Crippen LogP contribution is -1.99. The van der Waals surface area contributed by atoms with Crippen molar-refractivity contribution < 1.29 is 4.92 Å². The molecule has 0 N–H and O–H groups in total. The van der Waals surface area contributed by atoms with Gasteiger partial charge in [0, 0.05) is 18.2 Å². The molecule has 0 aliphatic heterocycles. The first-order chi connectivity index (χ1) is 10.1. The number of nitrogens with zero attached hydrogens (tertiary/aromatic N) is 3. The lowest BCUT2D eigenvalue weighted by molar-refractivity contribution is -0.384. The zero-order chi connectivity index (χ0) is 15.0. The second kappa shape index (κ2) is 5.18. The summed E-state index contributed by atoms with van der Waals surface area (Å²) in [5, 5.41) is 11.1. The number of hydrogen-bond acceptors (Lipinski definition) is 3. The third-order valence-electron chi connectivity index (χ3n) is 3.25. The minimum Gasteiger partial charge on any atom is -0.296 e. The van der Waals surface area contributed by atoms with E-state index in [4.69, 9.17) is 11.6 Å². The van der Waals surface area contributed by atoms with Crippen LogP contribution in [0.25, 0.3) is 16.7 Å². The van der Waals surface area contributed by atoms with Crippen molar-refractivity contribution in [1.29, 1.82) is 0 Å². The number of halogens is 1. The molecule has 105 valence electrons. The van der Waals surface area contributed by atoms with E-state index in [9.17, 15) is 10.1 Å². The second-order valence-electron chi connectivity index (χ2n) is 4.53. The van der Waals surface area contributed by atoms with Crippen molar-refractivity contribution in [3.05, 3.63) is 63.4 Å². The standard InChI is InChI=1S/C15H11ClN3O2/c1-2-15-17-12-9-13(19(20)21)11(16)8-14(12)18(15)10-6-4-3-5-7-10/h3-4,6-9H,2H2,1H3. The van der Waals surface area contributed by atoms with Gasteiger partial charge in [0.2, 0.25) is 0 Å². The van der Waals surface area contributed by atoms with E-state index in [-0.39, 0.29) is 10.7 Å². The molecule has 0 bridgehead atoms. The van der Waals surface area contributed by atoms with E-state index < -0.39 is 4.92 Å². The first-order valence-electron chi connectivity index (χ1n) is 6.43. The van der Waals surface area contributed by atoms with Crippen LogP contribution in [-0.2, 0) is 6.42 Å². The summed E-state index contributed by atoms with van der Waals surface area (Å²) in [7, 11) is 0. The lowest BCUT2D eigenvalue weighted by atomic mass is 10.2. The molecular formula is C15H11ClN3O2. The first-order valence-corrected chi connectivity index (χ1v) is 6.81. The molecule has 5 nitrogen and oxygen atoms in total. The molecule has 6 heteroatoms. The molecule has 1 heterocycles. The number of fused-ring (bicyclic) bond motifs is 1. The molecule has 1 radical (unpaired) electrons. The van der Waals surface area contributed by atoms with Crippen molar-refractivity contribution in [2.75, 3.05) is 0 Å². The van der Waals surface area contributed by atoms with E-state index in [0.29, 0.717) is 11.9 Å². The van der Waals surface area contributed by atoms with E-state index in [2.05, 4.69) is 11.1 Å². The molecule has 0 atom stereocenters. The van der Waals surface area contributed by atoms with Crippen LogP contribution in [0.3, 0.4) is 0 Å². The fraction of sp³-hybridized carbons (Fsp3) is 0.133. The van der Waals surface area contributed by atoms with E-state index in [0.717, 1.165) is 17.0 Å². The largest absolute Gasteiger partial charge is 0.296 e. The number of nitro groups is 1. The molecule has 3 rings (SSSR count). The molecule has 21 heavy (non-hydrogen) atoms. The van der Waals surface area contributed by atoms with Gasteiger partial charge in [-0.05, 0) is 24.3 Å². The fourth-order valence-electron chi connectivity index (χ4n) is 2.33. The summed E-state index contributed by atoms with van der Waals surface area (Å²) in [5.41, 5.74) is 2.09. The summed E-state index contributed by atoms with van der Waals surface area (Å²) in [4.78, 5) is 15.0. The molecule has 0 aliphatic rings. The lowest BCUT2D eigenvalue weighted by Gasteiger charge is -2.07. The molecule has 2 aromatic carbocycles. The second-order valence-corrected chi connectivity index (χ2v) is 4.94. The van der Waals surface area contributed by atoms with Gasteiger partial charge in [0.1, 0.15) is 10.8 Å². The normalized spacial score (nSPS) is 11.0. The summed E-state index contributed by atoms with van der Waals surface area (Å²) < 4.78 is 1.95. The van der Waals surface area contributed by atoms with Crippen LogP contribution in [-0.4, -0.2) is 14.5 Å². The highest BCUT2D eigenvalue weighted by Gasteiger charge is 2.18. The fourth-order valence-corrected chi connectivity index (χ4v) is 2.55. The van der Waals surface area contributed by atoms with Gasteiger partial charge in [0.25, 0.3) is 5.69 Å². The van der Waals surface area contributed by atoms with Crippen molar-refractivity contribution in [2.24, 2.45) is 0 Å². The molecule has 0 amide bonds. The van der Waals surface area contributed by atoms with Gasteiger partial charge in [-0.2, -0.15) is 0 Å². The van der Waals surface area contributed by atoms with Crippen molar-refractivity contribution in [2.45, 2.75) is 13.3 Å². The molecule has 0 unspecified atom stereocenters. The minimum atomic E-state index is -0.497. The Morgan fingerprint density at radius 3 is 2.90 bits per heavy atom. The van der Waals surface area contributed by atoms with Crippen LogP contribution >= 0.6 is 11.6 Å². The van der Waals surface area contributed by atoms with E-state index >= 15 is 0 Å². The summed E-state index contributed by atoms with van der Waals surface area (Å²) in [6.07, 6.45) is 0.703. The van der Waals surface area contributed by atoms with Crippen LogP contribution in [0.5, 0.6) is 0 Å². The van der Waals surface area contributed by atoms with Gasteiger partial charge in [-0.15, -0.1) is 0 Å². The van der Waals surface area contributed by atoms with E-state index in [1.165, 1.54) is 6.07 Å². The number of rotatable bonds is 3. The van der Waals surface area contributed by atoms with Gasteiger partial charge in [-0.25, -0.2) is 4.98 Å². The van der Waals surface area contributed by atoms with Crippen LogP contribution in [0.15, 0.2) is 36.4 Å². The average molecular weight is 301 g/mol. The molecule has 0 aliphatic carbocycles. The number of aromatic nitrogens is 2.